The van der Waals surface area contributed by atoms with Crippen LogP contribution in [0.5, 0.6) is 0 Å². The number of hydrogen-bond donors (Lipinski definition) is 1. The summed E-state index contributed by atoms with van der Waals surface area (Å²) >= 11 is 0. The smallest absolute Gasteiger partial charge is 0.321 e. The number of carbonyl (C=O) groups excluding carboxylic acids is 1. The van der Waals surface area contributed by atoms with Crippen LogP contribution in [0, 0.1) is 0 Å². The van der Waals surface area contributed by atoms with Gasteiger partial charge in [0.1, 0.15) is 5.82 Å². The molecular formula is C16H26N4O2. The summed E-state index contributed by atoms with van der Waals surface area (Å²) in [5.41, 5.74) is 0.710. The second kappa shape index (κ2) is 7.98. The Labute approximate surface area is 132 Å². The topological polar surface area (TPSA) is 57.7 Å². The number of aromatic nitrogens is 1. The van der Waals surface area contributed by atoms with Gasteiger partial charge in [-0.3, -0.25) is 0 Å². The van der Waals surface area contributed by atoms with Gasteiger partial charge in [0, 0.05) is 27.2 Å². The van der Waals surface area contributed by atoms with Crippen LogP contribution in [0.25, 0.3) is 0 Å². The number of piperidine rings is 1. The maximum absolute atomic E-state index is 12.1. The number of carbonyl (C=O) groups is 1. The molecule has 122 valence electrons. The molecule has 1 saturated heterocycles. The first-order chi connectivity index (χ1) is 10.6. The predicted molar refractivity (Wildman–Crippen MR) is 88.4 cm³/mol. The molecule has 22 heavy (non-hydrogen) atoms. The van der Waals surface area contributed by atoms with Crippen LogP contribution in [0.2, 0.25) is 0 Å². The van der Waals surface area contributed by atoms with Crippen LogP contribution in [0.1, 0.15) is 26.2 Å². The fourth-order valence-corrected chi connectivity index (χ4v) is 2.53. The van der Waals surface area contributed by atoms with Gasteiger partial charge in [0.25, 0.3) is 0 Å². The number of likely N-dealkylation sites (N-methyl/N-ethyl adjacent to an activating group) is 1. The molecule has 0 saturated carbocycles. The number of urea groups is 1. The van der Waals surface area contributed by atoms with Gasteiger partial charge < -0.3 is 19.9 Å². The third kappa shape index (κ3) is 4.34. The summed E-state index contributed by atoms with van der Waals surface area (Å²) in [4.78, 5) is 20.5. The molecule has 1 aliphatic heterocycles. The molecule has 2 rings (SSSR count). The highest BCUT2D eigenvalue weighted by Crippen LogP contribution is 2.19. The van der Waals surface area contributed by atoms with Crippen LogP contribution in [0.3, 0.4) is 0 Å². The largest absolute Gasteiger partial charge is 0.383 e. The van der Waals surface area contributed by atoms with Crippen molar-refractivity contribution in [1.82, 2.24) is 9.88 Å². The highest BCUT2D eigenvalue weighted by atomic mass is 16.5. The lowest BCUT2D eigenvalue weighted by atomic mass is 10.1. The first-order valence-corrected chi connectivity index (χ1v) is 7.85. The van der Waals surface area contributed by atoms with Crippen molar-refractivity contribution in [2.75, 3.05) is 44.1 Å². The molecule has 1 aliphatic rings. The van der Waals surface area contributed by atoms with E-state index in [0.717, 1.165) is 18.9 Å². The van der Waals surface area contributed by atoms with Crippen LogP contribution in [0.4, 0.5) is 16.3 Å². The first kappa shape index (κ1) is 16.5. The molecule has 0 unspecified atom stereocenters. The van der Waals surface area contributed by atoms with Crippen LogP contribution >= 0.6 is 0 Å². The minimum atomic E-state index is -0.155. The van der Waals surface area contributed by atoms with Gasteiger partial charge >= 0.3 is 6.03 Å². The zero-order chi connectivity index (χ0) is 15.9. The Kier molecular flexibility index (Phi) is 6.00. The predicted octanol–water partition coefficient (Wildman–Crippen LogP) is 2.57. The highest BCUT2D eigenvalue weighted by molar-refractivity contribution is 5.89. The average molecular weight is 306 g/mol. The number of methoxy groups -OCH3 is 1. The van der Waals surface area contributed by atoms with E-state index in [1.54, 1.807) is 25.3 Å². The van der Waals surface area contributed by atoms with Crippen molar-refractivity contribution in [3.05, 3.63) is 18.3 Å². The second-order valence-corrected chi connectivity index (χ2v) is 5.80. The number of amides is 2. The number of anilines is 2. The van der Waals surface area contributed by atoms with Crippen LogP contribution in [-0.2, 0) is 4.74 Å². The fourth-order valence-electron chi connectivity index (χ4n) is 2.53. The van der Waals surface area contributed by atoms with Gasteiger partial charge in [-0.1, -0.05) is 0 Å². The Morgan fingerprint density at radius 3 is 2.73 bits per heavy atom. The third-order valence-electron chi connectivity index (χ3n) is 4.07. The Bertz CT molecular complexity index is 472. The van der Waals surface area contributed by atoms with E-state index >= 15 is 0 Å². The van der Waals surface area contributed by atoms with Crippen molar-refractivity contribution in [3.63, 3.8) is 0 Å². The number of rotatable bonds is 5. The van der Waals surface area contributed by atoms with Crippen molar-refractivity contribution < 1.29 is 9.53 Å². The third-order valence-corrected chi connectivity index (χ3v) is 4.07. The molecule has 6 heteroatoms. The van der Waals surface area contributed by atoms with Gasteiger partial charge in [-0.25, -0.2) is 9.78 Å². The quantitative estimate of drug-likeness (QED) is 0.908. The lowest BCUT2D eigenvalue weighted by Crippen LogP contribution is -2.40. The van der Waals surface area contributed by atoms with E-state index in [1.165, 1.54) is 19.3 Å². The standard InChI is InChI=1S/C16H26N4O2/c1-13(12-22-3)19(2)16(21)18-14-7-8-15(17-11-14)20-9-5-4-6-10-20/h7-8,11,13H,4-6,9-10,12H2,1-3H3,(H,18,21)/t13-/m1/s1. The molecule has 1 aromatic rings. The van der Waals surface area contributed by atoms with Crippen molar-refractivity contribution in [1.29, 1.82) is 0 Å². The molecular weight excluding hydrogens is 280 g/mol. The van der Waals surface area contributed by atoms with Gasteiger partial charge in [-0.15, -0.1) is 0 Å². The number of ether oxygens (including phenoxy) is 1. The summed E-state index contributed by atoms with van der Waals surface area (Å²) in [5.74, 6) is 0.985. The van der Waals surface area contributed by atoms with Gasteiger partial charge in [0.05, 0.1) is 24.5 Å². The Balaban J connectivity index is 1.91. The Morgan fingerprint density at radius 1 is 1.41 bits per heavy atom. The molecule has 1 aromatic heterocycles. The monoisotopic (exact) mass is 306 g/mol. The number of pyridine rings is 1. The zero-order valence-corrected chi connectivity index (χ0v) is 13.7. The molecule has 2 amide bonds. The highest BCUT2D eigenvalue weighted by Gasteiger charge is 2.16. The van der Waals surface area contributed by atoms with Crippen LogP contribution in [-0.4, -0.2) is 55.8 Å². The summed E-state index contributed by atoms with van der Waals surface area (Å²) in [5, 5.41) is 2.86. The van der Waals surface area contributed by atoms with E-state index in [2.05, 4.69) is 15.2 Å². The number of nitrogens with one attached hydrogen (secondary N) is 1. The first-order valence-electron chi connectivity index (χ1n) is 7.85. The summed E-state index contributed by atoms with van der Waals surface area (Å²) in [7, 11) is 3.39. The molecule has 0 bridgehead atoms. The normalized spacial score (nSPS) is 16.2. The van der Waals surface area contributed by atoms with Crippen LogP contribution in [0.15, 0.2) is 18.3 Å². The van der Waals surface area contributed by atoms with E-state index in [1.807, 2.05) is 19.1 Å². The van der Waals surface area contributed by atoms with Gasteiger partial charge in [-0.2, -0.15) is 0 Å². The molecule has 0 radical (unpaired) electrons. The van der Waals surface area contributed by atoms with Gasteiger partial charge in [0.15, 0.2) is 0 Å². The Morgan fingerprint density at radius 2 is 2.14 bits per heavy atom. The number of hydrogen-bond acceptors (Lipinski definition) is 4. The maximum Gasteiger partial charge on any atom is 0.321 e. The molecule has 1 atom stereocenters. The summed E-state index contributed by atoms with van der Waals surface area (Å²) in [6.07, 6.45) is 5.47. The van der Waals surface area contributed by atoms with E-state index in [0.29, 0.717) is 12.3 Å². The van der Waals surface area contributed by atoms with Gasteiger partial charge in [-0.05, 0) is 38.3 Å². The minimum absolute atomic E-state index is 0.0191. The summed E-state index contributed by atoms with van der Waals surface area (Å²) < 4.78 is 5.07. The fraction of sp³-hybridized carbons (Fsp3) is 0.625. The molecule has 1 fully saturated rings. The summed E-state index contributed by atoms with van der Waals surface area (Å²) in [6, 6.07) is 3.74. The summed E-state index contributed by atoms with van der Waals surface area (Å²) in [6.45, 7) is 4.59. The van der Waals surface area contributed by atoms with Gasteiger partial charge in [0.2, 0.25) is 0 Å². The lowest BCUT2D eigenvalue weighted by molar-refractivity contribution is 0.128. The van der Waals surface area contributed by atoms with E-state index in [-0.39, 0.29) is 12.1 Å². The van der Waals surface area contributed by atoms with Crippen molar-refractivity contribution in [2.24, 2.45) is 0 Å². The minimum Gasteiger partial charge on any atom is -0.383 e. The SMILES string of the molecule is COC[C@@H](C)N(C)C(=O)Nc1ccc(N2CCCCC2)nc1. The second-order valence-electron chi connectivity index (χ2n) is 5.80. The Hall–Kier alpha value is -1.82. The van der Waals surface area contributed by atoms with E-state index < -0.39 is 0 Å². The molecule has 0 spiro atoms. The maximum atomic E-state index is 12.1. The molecule has 0 aliphatic carbocycles. The average Bonchev–Trinajstić information content (AvgIpc) is 2.56. The molecule has 0 aromatic carbocycles. The van der Waals surface area contributed by atoms with Crippen molar-refractivity contribution in [3.8, 4) is 0 Å². The molecule has 6 nitrogen and oxygen atoms in total. The lowest BCUT2D eigenvalue weighted by Gasteiger charge is -2.28. The van der Waals surface area contributed by atoms with Crippen molar-refractivity contribution >= 4 is 17.5 Å². The molecule has 2 heterocycles. The molecule has 1 N–H and O–H groups in total. The van der Waals surface area contributed by atoms with E-state index in [4.69, 9.17) is 4.74 Å². The number of nitrogens with zero attached hydrogens (tertiary/aromatic N) is 3. The van der Waals surface area contributed by atoms with Crippen LogP contribution < -0.4 is 10.2 Å². The zero-order valence-electron chi connectivity index (χ0n) is 13.7. The van der Waals surface area contributed by atoms with E-state index in [9.17, 15) is 4.79 Å². The van der Waals surface area contributed by atoms with Crippen molar-refractivity contribution in [2.45, 2.75) is 32.2 Å².